The van der Waals surface area contributed by atoms with Gasteiger partial charge in [-0.15, -0.1) is 0 Å². The molecule has 0 saturated carbocycles. The summed E-state index contributed by atoms with van der Waals surface area (Å²) < 4.78 is 15.7. The smallest absolute Gasteiger partial charge is 0.133 e. The fraction of sp³-hybridized carbons (Fsp3) is 0.462. The van der Waals surface area contributed by atoms with Crippen LogP contribution in [0.25, 0.3) is 0 Å². The molecule has 0 radical (unpaired) electrons. The molecule has 0 aromatic heterocycles. The van der Waals surface area contributed by atoms with Crippen LogP contribution in [0.3, 0.4) is 0 Å². The Hall–Kier alpha value is -1.55. The molecule has 0 aliphatic heterocycles. The first-order chi connectivity index (χ1) is 8.22. The third-order valence-corrected chi connectivity index (χ3v) is 2.10. The Morgan fingerprint density at radius 1 is 1.00 bits per heavy atom. The predicted octanol–water partition coefficient (Wildman–Crippen LogP) is 2.07. The van der Waals surface area contributed by atoms with Crippen molar-refractivity contribution in [1.82, 2.24) is 0 Å². The molecule has 1 rings (SSSR count). The lowest BCUT2D eigenvalue weighted by atomic mass is 10.3. The molecule has 0 unspecified atom stereocenters. The van der Waals surface area contributed by atoms with Gasteiger partial charge >= 0.3 is 0 Å². The van der Waals surface area contributed by atoms with Gasteiger partial charge in [0.2, 0.25) is 0 Å². The average Bonchev–Trinajstić information content (AvgIpc) is 2.31. The fourth-order valence-corrected chi connectivity index (χ4v) is 1.19. The van der Waals surface area contributed by atoms with E-state index in [4.69, 9.17) is 14.2 Å². The zero-order valence-corrected chi connectivity index (χ0v) is 10.3. The standard InChI is InChI=1S/C13H18O4/c1-11(14)7-8-16-12-3-5-13(6-4-12)17-10-9-15-2/h3-6H,7-10H2,1-2H3. The molecular weight excluding hydrogens is 220 g/mol. The van der Waals surface area contributed by atoms with Crippen LogP contribution in [0.15, 0.2) is 24.3 Å². The first-order valence-electron chi connectivity index (χ1n) is 5.56. The number of benzene rings is 1. The summed E-state index contributed by atoms with van der Waals surface area (Å²) in [4.78, 5) is 10.7. The van der Waals surface area contributed by atoms with Crippen LogP contribution in [0.1, 0.15) is 13.3 Å². The van der Waals surface area contributed by atoms with E-state index in [0.717, 1.165) is 11.5 Å². The van der Waals surface area contributed by atoms with Gasteiger partial charge in [0.05, 0.1) is 13.2 Å². The molecule has 1 aromatic rings. The highest BCUT2D eigenvalue weighted by Crippen LogP contribution is 2.17. The first-order valence-corrected chi connectivity index (χ1v) is 5.56. The van der Waals surface area contributed by atoms with E-state index in [0.29, 0.717) is 26.2 Å². The minimum absolute atomic E-state index is 0.129. The minimum atomic E-state index is 0.129. The van der Waals surface area contributed by atoms with Gasteiger partial charge in [-0.05, 0) is 31.2 Å². The van der Waals surface area contributed by atoms with Crippen LogP contribution >= 0.6 is 0 Å². The first kappa shape index (κ1) is 13.5. The Labute approximate surface area is 101 Å². The lowest BCUT2D eigenvalue weighted by Crippen LogP contribution is -2.04. The van der Waals surface area contributed by atoms with Gasteiger partial charge in [0.25, 0.3) is 0 Å². The third kappa shape index (κ3) is 5.92. The predicted molar refractivity (Wildman–Crippen MR) is 64.6 cm³/mol. The lowest BCUT2D eigenvalue weighted by Gasteiger charge is -2.07. The van der Waals surface area contributed by atoms with Crippen molar-refractivity contribution in [1.29, 1.82) is 0 Å². The number of ether oxygens (including phenoxy) is 3. The fourth-order valence-electron chi connectivity index (χ4n) is 1.19. The molecule has 0 aliphatic carbocycles. The Morgan fingerprint density at radius 2 is 1.53 bits per heavy atom. The summed E-state index contributed by atoms with van der Waals surface area (Å²) in [5.74, 6) is 1.65. The topological polar surface area (TPSA) is 44.8 Å². The quantitative estimate of drug-likeness (QED) is 0.650. The highest BCUT2D eigenvalue weighted by atomic mass is 16.5. The van der Waals surface area contributed by atoms with Gasteiger partial charge < -0.3 is 14.2 Å². The van der Waals surface area contributed by atoms with E-state index < -0.39 is 0 Å². The summed E-state index contributed by atoms with van der Waals surface area (Å²) in [6.07, 6.45) is 0.437. The molecule has 94 valence electrons. The number of methoxy groups -OCH3 is 1. The molecule has 0 fully saturated rings. The number of carbonyl (C=O) groups is 1. The van der Waals surface area contributed by atoms with E-state index in [2.05, 4.69) is 0 Å². The van der Waals surface area contributed by atoms with Crippen LogP contribution in [0, 0.1) is 0 Å². The van der Waals surface area contributed by atoms with Crippen molar-refractivity contribution in [3.8, 4) is 11.5 Å². The monoisotopic (exact) mass is 238 g/mol. The summed E-state index contributed by atoms with van der Waals surface area (Å²) in [6.45, 7) is 3.06. The third-order valence-electron chi connectivity index (χ3n) is 2.10. The van der Waals surface area contributed by atoms with Crippen LogP contribution in [0.2, 0.25) is 0 Å². The van der Waals surface area contributed by atoms with Gasteiger partial charge in [0.1, 0.15) is 23.9 Å². The molecule has 1 aromatic carbocycles. The summed E-state index contributed by atoms with van der Waals surface area (Å²) in [5.41, 5.74) is 0. The molecule has 0 aliphatic rings. The number of hydrogen-bond donors (Lipinski definition) is 0. The van der Waals surface area contributed by atoms with Crippen LogP contribution in [-0.2, 0) is 9.53 Å². The summed E-state index contributed by atoms with van der Waals surface area (Å²) in [6, 6.07) is 7.31. The number of carbonyl (C=O) groups excluding carboxylic acids is 1. The van der Waals surface area contributed by atoms with Crippen LogP contribution < -0.4 is 9.47 Å². The molecule has 0 spiro atoms. The van der Waals surface area contributed by atoms with Crippen LogP contribution in [-0.4, -0.2) is 32.7 Å². The van der Waals surface area contributed by atoms with Crippen molar-refractivity contribution in [3.05, 3.63) is 24.3 Å². The number of ketones is 1. The largest absolute Gasteiger partial charge is 0.493 e. The van der Waals surface area contributed by atoms with Gasteiger partial charge in [-0.25, -0.2) is 0 Å². The van der Waals surface area contributed by atoms with E-state index in [1.54, 1.807) is 14.0 Å². The van der Waals surface area contributed by atoms with Crippen LogP contribution in [0.4, 0.5) is 0 Å². The Balaban J connectivity index is 2.31. The van der Waals surface area contributed by atoms with Crippen molar-refractivity contribution in [2.24, 2.45) is 0 Å². The second kappa shape index (κ2) is 7.68. The number of Topliss-reactive ketones (excluding diaryl/α,β-unsaturated/α-hetero) is 1. The zero-order valence-electron chi connectivity index (χ0n) is 10.3. The van der Waals surface area contributed by atoms with E-state index >= 15 is 0 Å². The highest BCUT2D eigenvalue weighted by molar-refractivity contribution is 5.75. The molecule has 17 heavy (non-hydrogen) atoms. The Bertz CT molecular complexity index is 332. The van der Waals surface area contributed by atoms with Gasteiger partial charge in [-0.1, -0.05) is 0 Å². The maximum Gasteiger partial charge on any atom is 0.133 e. The molecule has 0 heterocycles. The molecule has 4 nitrogen and oxygen atoms in total. The van der Waals surface area contributed by atoms with Crippen molar-refractivity contribution >= 4 is 5.78 Å². The van der Waals surface area contributed by atoms with Gasteiger partial charge in [-0.2, -0.15) is 0 Å². The zero-order chi connectivity index (χ0) is 12.5. The Kier molecular flexibility index (Phi) is 6.10. The van der Waals surface area contributed by atoms with E-state index in [1.165, 1.54) is 0 Å². The molecular formula is C13H18O4. The van der Waals surface area contributed by atoms with E-state index in [9.17, 15) is 4.79 Å². The average molecular weight is 238 g/mol. The number of hydrogen-bond acceptors (Lipinski definition) is 4. The molecule has 0 atom stereocenters. The lowest BCUT2D eigenvalue weighted by molar-refractivity contribution is -0.117. The molecule has 0 amide bonds. The van der Waals surface area contributed by atoms with E-state index in [-0.39, 0.29) is 5.78 Å². The van der Waals surface area contributed by atoms with Gasteiger partial charge in [0.15, 0.2) is 0 Å². The van der Waals surface area contributed by atoms with Crippen molar-refractivity contribution < 1.29 is 19.0 Å². The maximum atomic E-state index is 10.7. The van der Waals surface area contributed by atoms with Crippen LogP contribution in [0.5, 0.6) is 11.5 Å². The normalized spacial score (nSPS) is 10.0. The maximum absolute atomic E-state index is 10.7. The van der Waals surface area contributed by atoms with E-state index in [1.807, 2.05) is 24.3 Å². The minimum Gasteiger partial charge on any atom is -0.493 e. The molecule has 0 bridgehead atoms. The van der Waals surface area contributed by atoms with Gasteiger partial charge in [-0.3, -0.25) is 4.79 Å². The SMILES string of the molecule is COCCOc1ccc(OCCC(C)=O)cc1. The Morgan fingerprint density at radius 3 is 2.00 bits per heavy atom. The van der Waals surface area contributed by atoms with Gasteiger partial charge in [0, 0.05) is 13.5 Å². The van der Waals surface area contributed by atoms with Crippen molar-refractivity contribution in [2.75, 3.05) is 26.9 Å². The summed E-state index contributed by atoms with van der Waals surface area (Å²) in [7, 11) is 1.63. The summed E-state index contributed by atoms with van der Waals surface area (Å²) in [5, 5.41) is 0. The summed E-state index contributed by atoms with van der Waals surface area (Å²) >= 11 is 0. The number of rotatable bonds is 8. The van der Waals surface area contributed by atoms with Crippen molar-refractivity contribution in [2.45, 2.75) is 13.3 Å². The highest BCUT2D eigenvalue weighted by Gasteiger charge is 1.98. The molecule has 0 N–H and O–H groups in total. The second-order valence-corrected chi connectivity index (χ2v) is 3.61. The molecule has 4 heteroatoms. The van der Waals surface area contributed by atoms with Crippen molar-refractivity contribution in [3.63, 3.8) is 0 Å². The molecule has 0 saturated heterocycles. The second-order valence-electron chi connectivity index (χ2n) is 3.61.